The Labute approximate surface area is 144 Å². The maximum Gasteiger partial charge on any atom is 0.416 e. The van der Waals surface area contributed by atoms with E-state index in [2.05, 4.69) is 0 Å². The van der Waals surface area contributed by atoms with Crippen LogP contribution in [0, 0.1) is 0 Å². The third kappa shape index (κ3) is 4.84. The zero-order valence-corrected chi connectivity index (χ0v) is 14.7. The van der Waals surface area contributed by atoms with Gasteiger partial charge >= 0.3 is 6.18 Å². The minimum absolute atomic E-state index is 0.0636. The van der Waals surface area contributed by atoms with Gasteiger partial charge in [0.25, 0.3) is 0 Å². The highest BCUT2D eigenvalue weighted by molar-refractivity contribution is 7.89. The van der Waals surface area contributed by atoms with Gasteiger partial charge in [-0.3, -0.25) is 4.90 Å². The molecule has 0 bridgehead atoms. The fourth-order valence-corrected chi connectivity index (χ4v) is 4.24. The van der Waals surface area contributed by atoms with Crippen LogP contribution < -0.4 is 0 Å². The molecule has 0 amide bonds. The summed E-state index contributed by atoms with van der Waals surface area (Å²) in [5.41, 5.74) is -2.06. The van der Waals surface area contributed by atoms with Crippen LogP contribution in [0.5, 0.6) is 5.75 Å². The summed E-state index contributed by atoms with van der Waals surface area (Å²) in [4.78, 5) is 1.12. The number of aliphatic hydroxyl groups is 1. The SMILES string of the molecule is CC(C)(O)CN1CCN(S(=O)(=O)c2cc(C(F)(F)F)ccc2O)CC1. The van der Waals surface area contributed by atoms with Crippen LogP contribution in [-0.2, 0) is 16.2 Å². The molecule has 6 nitrogen and oxygen atoms in total. The highest BCUT2D eigenvalue weighted by Gasteiger charge is 2.36. The van der Waals surface area contributed by atoms with E-state index in [-0.39, 0.29) is 13.1 Å². The predicted molar refractivity (Wildman–Crippen MR) is 84.6 cm³/mol. The normalized spacial score (nSPS) is 18.5. The molecule has 142 valence electrons. The zero-order valence-electron chi connectivity index (χ0n) is 13.9. The van der Waals surface area contributed by atoms with Crippen LogP contribution in [-0.4, -0.2) is 66.2 Å². The van der Waals surface area contributed by atoms with Crippen molar-refractivity contribution < 1.29 is 31.8 Å². The van der Waals surface area contributed by atoms with E-state index in [4.69, 9.17) is 0 Å². The van der Waals surface area contributed by atoms with Crippen LogP contribution in [0.3, 0.4) is 0 Å². The molecule has 1 saturated heterocycles. The number of aromatic hydroxyl groups is 1. The van der Waals surface area contributed by atoms with Crippen LogP contribution in [0.1, 0.15) is 19.4 Å². The number of hydrogen-bond acceptors (Lipinski definition) is 5. The highest BCUT2D eigenvalue weighted by atomic mass is 32.2. The molecule has 0 radical (unpaired) electrons. The summed E-state index contributed by atoms with van der Waals surface area (Å²) in [5.74, 6) is -0.716. The van der Waals surface area contributed by atoms with E-state index in [9.17, 15) is 31.8 Å². The summed E-state index contributed by atoms with van der Waals surface area (Å²) >= 11 is 0. The zero-order chi connectivity index (χ0) is 19.0. The molecular formula is C15H21F3N2O4S. The molecule has 0 aliphatic carbocycles. The average Bonchev–Trinajstić information content (AvgIpc) is 2.45. The molecule has 0 atom stereocenters. The number of alkyl halides is 3. The molecule has 0 saturated carbocycles. The molecule has 1 heterocycles. The Morgan fingerprint density at radius 1 is 1.12 bits per heavy atom. The van der Waals surface area contributed by atoms with E-state index in [1.165, 1.54) is 0 Å². The number of piperazine rings is 1. The molecule has 0 unspecified atom stereocenters. The quantitative estimate of drug-likeness (QED) is 0.825. The Bertz CT molecular complexity index is 721. The van der Waals surface area contributed by atoms with E-state index >= 15 is 0 Å². The molecule has 2 rings (SSSR count). The molecule has 10 heteroatoms. The van der Waals surface area contributed by atoms with Gasteiger partial charge in [0.2, 0.25) is 10.0 Å². The summed E-state index contributed by atoms with van der Waals surface area (Å²) < 4.78 is 64.7. The molecule has 1 aromatic carbocycles. The van der Waals surface area contributed by atoms with Crippen molar-refractivity contribution in [2.24, 2.45) is 0 Å². The number of benzene rings is 1. The lowest BCUT2D eigenvalue weighted by molar-refractivity contribution is -0.137. The topological polar surface area (TPSA) is 81.1 Å². The van der Waals surface area contributed by atoms with Crippen molar-refractivity contribution in [2.75, 3.05) is 32.7 Å². The number of β-amino-alcohol motifs (C(OH)–C–C–N with tert-alkyl or cyclic N) is 1. The first-order valence-corrected chi connectivity index (χ1v) is 9.10. The van der Waals surface area contributed by atoms with E-state index in [0.717, 1.165) is 10.4 Å². The average molecular weight is 382 g/mol. The lowest BCUT2D eigenvalue weighted by Gasteiger charge is -2.36. The van der Waals surface area contributed by atoms with Crippen molar-refractivity contribution in [3.05, 3.63) is 23.8 Å². The van der Waals surface area contributed by atoms with Crippen molar-refractivity contribution in [2.45, 2.75) is 30.5 Å². The second-order valence-electron chi connectivity index (χ2n) is 6.67. The van der Waals surface area contributed by atoms with Gasteiger partial charge < -0.3 is 10.2 Å². The Morgan fingerprint density at radius 3 is 2.16 bits per heavy atom. The molecule has 25 heavy (non-hydrogen) atoms. The van der Waals surface area contributed by atoms with Gasteiger partial charge in [-0.15, -0.1) is 0 Å². The van der Waals surface area contributed by atoms with Crippen molar-refractivity contribution in [3.63, 3.8) is 0 Å². The summed E-state index contributed by atoms with van der Waals surface area (Å²) in [6.07, 6.45) is -4.70. The van der Waals surface area contributed by atoms with Crippen molar-refractivity contribution in [1.29, 1.82) is 0 Å². The van der Waals surface area contributed by atoms with E-state index in [0.29, 0.717) is 31.8 Å². The maximum absolute atomic E-state index is 12.8. The molecule has 0 spiro atoms. The number of phenolic OH excluding ortho intramolecular Hbond substituents is 1. The number of halogens is 3. The van der Waals surface area contributed by atoms with Gasteiger partial charge in [0.15, 0.2) is 0 Å². The van der Waals surface area contributed by atoms with Gasteiger partial charge in [0.05, 0.1) is 11.2 Å². The van der Waals surface area contributed by atoms with Gasteiger partial charge in [0, 0.05) is 32.7 Å². The van der Waals surface area contributed by atoms with E-state index < -0.39 is 38.0 Å². The fourth-order valence-electron chi connectivity index (χ4n) is 2.71. The number of phenols is 1. The molecule has 1 aliphatic rings. The molecule has 1 aromatic rings. The third-order valence-electron chi connectivity index (χ3n) is 3.85. The smallest absolute Gasteiger partial charge is 0.416 e. The summed E-state index contributed by atoms with van der Waals surface area (Å²) in [5, 5.41) is 19.6. The summed E-state index contributed by atoms with van der Waals surface area (Å²) in [7, 11) is -4.25. The lowest BCUT2D eigenvalue weighted by Crippen LogP contribution is -2.51. The standard InChI is InChI=1S/C15H21F3N2O4S/c1-14(2,22)10-19-5-7-20(8-6-19)25(23,24)13-9-11(15(16,17)18)3-4-12(13)21/h3-4,9,21-22H,5-8,10H2,1-2H3. The van der Waals surface area contributed by atoms with E-state index in [1.807, 2.05) is 4.90 Å². The first-order chi connectivity index (χ1) is 11.3. The van der Waals surface area contributed by atoms with Crippen LogP contribution in [0.15, 0.2) is 23.1 Å². The second kappa shape index (κ2) is 6.75. The van der Waals surface area contributed by atoms with Crippen LogP contribution in [0.4, 0.5) is 13.2 Å². The third-order valence-corrected chi connectivity index (χ3v) is 5.77. The number of hydrogen-bond donors (Lipinski definition) is 2. The Balaban J connectivity index is 2.21. The first kappa shape index (κ1) is 20.0. The van der Waals surface area contributed by atoms with Crippen LogP contribution in [0.25, 0.3) is 0 Å². The summed E-state index contributed by atoms with van der Waals surface area (Å²) in [6, 6.07) is 1.82. The number of rotatable bonds is 4. The fraction of sp³-hybridized carbons (Fsp3) is 0.600. The van der Waals surface area contributed by atoms with Crippen molar-refractivity contribution in [1.82, 2.24) is 9.21 Å². The minimum Gasteiger partial charge on any atom is -0.507 e. The van der Waals surface area contributed by atoms with Crippen LogP contribution in [0.2, 0.25) is 0 Å². The number of sulfonamides is 1. The Morgan fingerprint density at radius 2 is 1.68 bits per heavy atom. The molecule has 1 aliphatic heterocycles. The molecular weight excluding hydrogens is 361 g/mol. The monoisotopic (exact) mass is 382 g/mol. The lowest BCUT2D eigenvalue weighted by atomic mass is 10.1. The highest BCUT2D eigenvalue weighted by Crippen LogP contribution is 2.35. The Kier molecular flexibility index (Phi) is 5.39. The second-order valence-corrected chi connectivity index (χ2v) is 8.58. The van der Waals surface area contributed by atoms with Crippen LogP contribution >= 0.6 is 0 Å². The molecule has 2 N–H and O–H groups in total. The van der Waals surface area contributed by atoms with Gasteiger partial charge in [-0.1, -0.05) is 0 Å². The van der Waals surface area contributed by atoms with Crippen molar-refractivity contribution in [3.8, 4) is 5.75 Å². The predicted octanol–water partition coefficient (Wildman–Crippen LogP) is 1.49. The van der Waals surface area contributed by atoms with Crippen molar-refractivity contribution >= 4 is 10.0 Å². The molecule has 0 aromatic heterocycles. The maximum atomic E-state index is 12.8. The number of nitrogens with zero attached hydrogens (tertiary/aromatic N) is 2. The van der Waals surface area contributed by atoms with Gasteiger partial charge in [-0.25, -0.2) is 8.42 Å². The Hall–Kier alpha value is -1.36. The summed E-state index contributed by atoms with van der Waals surface area (Å²) in [6.45, 7) is 4.43. The van der Waals surface area contributed by atoms with E-state index in [1.54, 1.807) is 13.8 Å². The van der Waals surface area contributed by atoms with Gasteiger partial charge in [0.1, 0.15) is 10.6 Å². The van der Waals surface area contributed by atoms with Gasteiger partial charge in [-0.2, -0.15) is 17.5 Å². The first-order valence-electron chi connectivity index (χ1n) is 7.66. The van der Waals surface area contributed by atoms with Gasteiger partial charge in [-0.05, 0) is 32.0 Å². The largest absolute Gasteiger partial charge is 0.507 e. The minimum atomic E-state index is -4.70. The molecule has 1 fully saturated rings.